The van der Waals surface area contributed by atoms with E-state index in [0.717, 1.165) is 0 Å². The fourth-order valence-corrected chi connectivity index (χ4v) is 2.91. The Morgan fingerprint density at radius 3 is 2.62 bits per heavy atom. The fourth-order valence-electron chi connectivity index (χ4n) is 2.91. The summed E-state index contributed by atoms with van der Waals surface area (Å²) in [6.07, 6.45) is 0. The van der Waals surface area contributed by atoms with Gasteiger partial charge in [-0.15, -0.1) is 10.2 Å². The van der Waals surface area contributed by atoms with Crippen molar-refractivity contribution < 1.29 is 24.4 Å². The summed E-state index contributed by atoms with van der Waals surface area (Å²) in [6, 6.07) is 9.51. The van der Waals surface area contributed by atoms with Crippen LogP contribution in [0.4, 0.5) is 5.69 Å². The number of hydrogen-bond donors (Lipinski definition) is 4. The normalized spacial score (nSPS) is 10.8. The van der Waals surface area contributed by atoms with Crippen LogP contribution in [-0.4, -0.2) is 45.8 Å². The van der Waals surface area contributed by atoms with Gasteiger partial charge in [-0.2, -0.15) is 0 Å². The van der Waals surface area contributed by atoms with Crippen LogP contribution >= 0.6 is 0 Å². The van der Waals surface area contributed by atoms with Gasteiger partial charge in [0.15, 0.2) is 0 Å². The van der Waals surface area contributed by atoms with Crippen molar-refractivity contribution in [1.29, 1.82) is 0 Å². The Morgan fingerprint density at radius 1 is 1.21 bits per heavy atom. The van der Waals surface area contributed by atoms with E-state index in [2.05, 4.69) is 15.5 Å². The molecule has 2 aromatic carbocycles. The molecule has 0 saturated carbocycles. The highest BCUT2D eigenvalue weighted by Gasteiger charge is 2.19. The Kier molecular flexibility index (Phi) is 5.76. The number of nitrogen functional groups attached to an aromatic ring is 1. The average molecular weight is 394 g/mol. The number of aromatic nitrogens is 2. The van der Waals surface area contributed by atoms with E-state index in [1.807, 2.05) is 13.8 Å². The number of carbonyl (C=O) groups is 2. The van der Waals surface area contributed by atoms with E-state index in [0.29, 0.717) is 27.6 Å². The highest BCUT2D eigenvalue weighted by atomic mass is 16.5. The molecule has 0 aliphatic carbocycles. The number of nitrogens with two attached hydrogens (primary N) is 1. The maximum Gasteiger partial charge on any atom is 0.488 e. The van der Waals surface area contributed by atoms with Crippen molar-refractivity contribution in [3.05, 3.63) is 42.0 Å². The lowest BCUT2D eigenvalue weighted by atomic mass is 9.78. The molecule has 0 unspecified atom stereocenters. The van der Waals surface area contributed by atoms with Crippen LogP contribution in [0, 0.1) is 0 Å². The second-order valence-corrected chi connectivity index (χ2v) is 6.67. The first-order valence-corrected chi connectivity index (χ1v) is 8.79. The summed E-state index contributed by atoms with van der Waals surface area (Å²) >= 11 is 0. The van der Waals surface area contributed by atoms with E-state index in [1.165, 1.54) is 18.2 Å². The maximum absolute atomic E-state index is 12.6. The van der Waals surface area contributed by atoms with Crippen LogP contribution in [-0.2, 0) is 4.79 Å². The zero-order valence-corrected chi connectivity index (χ0v) is 15.8. The summed E-state index contributed by atoms with van der Waals surface area (Å²) in [5.41, 5.74) is 8.25. The average Bonchev–Trinajstić information content (AvgIpc) is 2.69. The number of anilines is 1. The number of ether oxygens (including phenoxy) is 1. The molecule has 29 heavy (non-hydrogen) atoms. The van der Waals surface area contributed by atoms with Gasteiger partial charge >= 0.3 is 7.12 Å². The zero-order valence-electron chi connectivity index (χ0n) is 15.8. The molecule has 1 aromatic heterocycles. The molecule has 0 fully saturated rings. The van der Waals surface area contributed by atoms with Crippen molar-refractivity contribution in [2.24, 2.45) is 0 Å². The lowest BCUT2D eigenvalue weighted by molar-refractivity contribution is -0.120. The van der Waals surface area contributed by atoms with E-state index < -0.39 is 7.12 Å². The molecule has 148 valence electrons. The lowest BCUT2D eigenvalue weighted by Gasteiger charge is -2.15. The number of nitrogens with one attached hydrogen (secondary N) is 1. The minimum Gasteiger partial charge on any atom is -0.423 e. The second-order valence-electron chi connectivity index (χ2n) is 6.67. The Balaban J connectivity index is 2.16. The van der Waals surface area contributed by atoms with E-state index in [1.54, 1.807) is 18.2 Å². The number of fused-ring (bicyclic) bond motifs is 1. The summed E-state index contributed by atoms with van der Waals surface area (Å²) < 4.78 is 4.70. The van der Waals surface area contributed by atoms with Gasteiger partial charge in [-0.3, -0.25) is 9.59 Å². The molecule has 0 aliphatic rings. The molecule has 3 rings (SSSR count). The third-order valence-electron chi connectivity index (χ3n) is 4.24. The van der Waals surface area contributed by atoms with Crippen molar-refractivity contribution in [1.82, 2.24) is 15.5 Å². The van der Waals surface area contributed by atoms with Crippen LogP contribution in [0.3, 0.4) is 0 Å². The standard InChI is InChI=1S/C19H19BN4O5/c1-10(2)22-18(26)13-6-4-12(20(27)28)8-15(13)11-3-5-14-16(7-11)23-24-19(17(14)21)29-9-25/h3-10,27-28H,1-2H3,(H2,21,23)(H,22,26). The minimum absolute atomic E-state index is 0.0723. The zero-order chi connectivity index (χ0) is 21.1. The Hall–Kier alpha value is -3.50. The molecule has 3 aromatic rings. The SMILES string of the molecule is CC(C)NC(=O)c1ccc(B(O)O)cc1-c1ccc2c(N)c(OC=O)nnc2c1. The molecule has 0 atom stereocenters. The first-order chi connectivity index (χ1) is 13.8. The molecular weight excluding hydrogens is 375 g/mol. The van der Waals surface area contributed by atoms with Crippen LogP contribution in [0.5, 0.6) is 5.88 Å². The van der Waals surface area contributed by atoms with Crippen LogP contribution in [0.2, 0.25) is 0 Å². The quantitative estimate of drug-likeness (QED) is 0.343. The summed E-state index contributed by atoms with van der Waals surface area (Å²) in [4.78, 5) is 23.2. The Bertz CT molecular complexity index is 1090. The third kappa shape index (κ3) is 4.18. The van der Waals surface area contributed by atoms with Gasteiger partial charge in [0.1, 0.15) is 5.69 Å². The number of benzene rings is 2. The van der Waals surface area contributed by atoms with E-state index >= 15 is 0 Å². The highest BCUT2D eigenvalue weighted by molar-refractivity contribution is 6.58. The number of nitrogens with zero attached hydrogens (tertiary/aromatic N) is 2. The van der Waals surface area contributed by atoms with Gasteiger partial charge in [0.05, 0.1) is 5.52 Å². The van der Waals surface area contributed by atoms with E-state index in [4.69, 9.17) is 10.5 Å². The van der Waals surface area contributed by atoms with Gasteiger partial charge in [0, 0.05) is 17.0 Å². The first kappa shape index (κ1) is 20.2. The predicted molar refractivity (Wildman–Crippen MR) is 109 cm³/mol. The Labute approximate surface area is 166 Å². The molecule has 5 N–H and O–H groups in total. The van der Waals surface area contributed by atoms with Crippen LogP contribution in [0.1, 0.15) is 24.2 Å². The summed E-state index contributed by atoms with van der Waals surface area (Å²) in [5, 5.41) is 30.2. The summed E-state index contributed by atoms with van der Waals surface area (Å²) in [7, 11) is -1.69. The molecule has 0 saturated heterocycles. The first-order valence-electron chi connectivity index (χ1n) is 8.79. The molecule has 1 heterocycles. The minimum atomic E-state index is -1.69. The molecule has 0 radical (unpaired) electrons. The molecule has 9 nitrogen and oxygen atoms in total. The lowest BCUT2D eigenvalue weighted by Crippen LogP contribution is -2.33. The third-order valence-corrected chi connectivity index (χ3v) is 4.24. The largest absolute Gasteiger partial charge is 0.488 e. The van der Waals surface area contributed by atoms with E-state index in [-0.39, 0.29) is 35.5 Å². The molecule has 1 amide bonds. The summed E-state index contributed by atoms with van der Waals surface area (Å²) in [6.45, 7) is 3.90. The van der Waals surface area contributed by atoms with Gasteiger partial charge < -0.3 is 25.8 Å². The molecule has 0 aliphatic heterocycles. The topological polar surface area (TPSA) is 148 Å². The van der Waals surface area contributed by atoms with Gasteiger partial charge in [-0.25, -0.2) is 0 Å². The highest BCUT2D eigenvalue weighted by Crippen LogP contribution is 2.31. The van der Waals surface area contributed by atoms with Gasteiger partial charge in [0.2, 0.25) is 0 Å². The molecule has 10 heteroatoms. The number of amides is 1. The van der Waals surface area contributed by atoms with Crippen molar-refractivity contribution in [2.75, 3.05) is 5.73 Å². The molecule has 0 spiro atoms. The van der Waals surface area contributed by atoms with E-state index in [9.17, 15) is 19.6 Å². The fraction of sp³-hybridized carbons (Fsp3) is 0.158. The van der Waals surface area contributed by atoms with Gasteiger partial charge in [0.25, 0.3) is 18.3 Å². The summed E-state index contributed by atoms with van der Waals surface area (Å²) in [5.74, 6) is -0.392. The number of rotatable bonds is 6. The van der Waals surface area contributed by atoms with Crippen molar-refractivity contribution in [2.45, 2.75) is 19.9 Å². The Morgan fingerprint density at radius 2 is 1.97 bits per heavy atom. The van der Waals surface area contributed by atoms with Gasteiger partial charge in [-0.1, -0.05) is 18.2 Å². The smallest absolute Gasteiger partial charge is 0.423 e. The molecule has 0 bridgehead atoms. The van der Waals surface area contributed by atoms with Crippen LogP contribution in [0.25, 0.3) is 22.0 Å². The second kappa shape index (κ2) is 8.25. The molecular formula is C19H19BN4O5. The van der Waals surface area contributed by atoms with Gasteiger partial charge in [-0.05, 0) is 48.6 Å². The maximum atomic E-state index is 12.6. The van der Waals surface area contributed by atoms with Crippen molar-refractivity contribution in [3.8, 4) is 17.0 Å². The van der Waals surface area contributed by atoms with Crippen LogP contribution in [0.15, 0.2) is 36.4 Å². The van der Waals surface area contributed by atoms with Crippen LogP contribution < -0.4 is 21.3 Å². The van der Waals surface area contributed by atoms with Crippen molar-refractivity contribution in [3.63, 3.8) is 0 Å². The predicted octanol–water partition coefficient (Wildman–Crippen LogP) is 0.232. The number of carbonyl (C=O) groups excluding carboxylic acids is 2. The monoisotopic (exact) mass is 394 g/mol. The van der Waals surface area contributed by atoms with Crippen molar-refractivity contribution >= 4 is 41.6 Å². The number of hydrogen-bond acceptors (Lipinski definition) is 8.